The summed E-state index contributed by atoms with van der Waals surface area (Å²) in [5.74, 6) is 1.63. The van der Waals surface area contributed by atoms with Crippen molar-refractivity contribution in [1.29, 1.82) is 5.26 Å². The average molecular weight is 503 g/mol. The maximum atomic E-state index is 13.5. The third-order valence-corrected chi connectivity index (χ3v) is 6.22. The van der Waals surface area contributed by atoms with E-state index < -0.39 is 5.91 Å². The van der Waals surface area contributed by atoms with E-state index in [0.29, 0.717) is 50.3 Å². The van der Waals surface area contributed by atoms with Crippen LogP contribution in [0.2, 0.25) is 0 Å². The van der Waals surface area contributed by atoms with Gasteiger partial charge < -0.3 is 18.9 Å². The van der Waals surface area contributed by atoms with Crippen LogP contribution in [0.1, 0.15) is 21.5 Å². The standard InChI is InChI=1S/C26H22N4O5S/c1-32-19-9-10-20-23(13-19)36-26(29-20)30(25(31)18-7-5-16(14-27)6-8-18)28-15-17-11-21(33-2)24(35-4)22(12-17)34-3/h5-13,15H,1-4H3/b28-15+. The molecule has 0 aliphatic carbocycles. The SMILES string of the molecule is COc1ccc2nc(N(/N=C/c3cc(OC)c(OC)c(OC)c3)C(=O)c3ccc(C#N)cc3)sc2c1. The van der Waals surface area contributed by atoms with Gasteiger partial charge in [0.05, 0.1) is 56.5 Å². The first-order valence-corrected chi connectivity index (χ1v) is 11.5. The number of anilines is 1. The van der Waals surface area contributed by atoms with Gasteiger partial charge >= 0.3 is 0 Å². The van der Waals surface area contributed by atoms with E-state index in [2.05, 4.69) is 10.1 Å². The summed E-state index contributed by atoms with van der Waals surface area (Å²) in [7, 11) is 6.16. The number of hydrogen-bond donors (Lipinski definition) is 0. The number of nitriles is 1. The van der Waals surface area contributed by atoms with Crippen LogP contribution in [-0.4, -0.2) is 45.5 Å². The average Bonchev–Trinajstić information content (AvgIpc) is 3.35. The van der Waals surface area contributed by atoms with Crippen molar-refractivity contribution in [2.24, 2.45) is 5.10 Å². The Balaban J connectivity index is 1.79. The number of methoxy groups -OCH3 is 4. The number of carbonyl (C=O) groups excluding carboxylic acids is 1. The zero-order valence-corrected chi connectivity index (χ0v) is 20.8. The highest BCUT2D eigenvalue weighted by Crippen LogP contribution is 2.38. The number of benzene rings is 3. The summed E-state index contributed by atoms with van der Waals surface area (Å²) in [6.45, 7) is 0. The van der Waals surface area contributed by atoms with Crippen molar-refractivity contribution < 1.29 is 23.7 Å². The van der Waals surface area contributed by atoms with Gasteiger partial charge in [-0.15, -0.1) is 0 Å². The van der Waals surface area contributed by atoms with Gasteiger partial charge in [0.1, 0.15) is 5.75 Å². The molecular formula is C26H22N4O5S. The van der Waals surface area contributed by atoms with Gasteiger partial charge in [0.15, 0.2) is 11.5 Å². The minimum atomic E-state index is -0.408. The smallest absolute Gasteiger partial charge is 0.280 e. The predicted octanol–water partition coefficient (Wildman–Crippen LogP) is 4.88. The maximum absolute atomic E-state index is 13.5. The van der Waals surface area contributed by atoms with Gasteiger partial charge in [-0.05, 0) is 54.6 Å². The molecule has 0 radical (unpaired) electrons. The van der Waals surface area contributed by atoms with Crippen molar-refractivity contribution in [3.63, 3.8) is 0 Å². The molecule has 10 heteroatoms. The molecule has 1 aromatic heterocycles. The number of aromatic nitrogens is 1. The molecule has 1 heterocycles. The summed E-state index contributed by atoms with van der Waals surface area (Å²) < 4.78 is 22.4. The maximum Gasteiger partial charge on any atom is 0.280 e. The molecule has 0 aliphatic heterocycles. The Morgan fingerprint density at radius 2 is 1.67 bits per heavy atom. The van der Waals surface area contributed by atoms with E-state index in [1.54, 1.807) is 49.6 Å². The molecule has 0 N–H and O–H groups in total. The number of fused-ring (bicyclic) bond motifs is 1. The molecule has 0 bridgehead atoms. The second-order valence-electron chi connectivity index (χ2n) is 7.34. The fourth-order valence-corrected chi connectivity index (χ4v) is 4.36. The number of hydrazone groups is 1. The topological polar surface area (TPSA) is 106 Å². The number of hydrogen-bond acceptors (Lipinski definition) is 9. The normalized spacial score (nSPS) is 10.8. The summed E-state index contributed by atoms with van der Waals surface area (Å²) in [5, 5.41) is 15.2. The molecule has 36 heavy (non-hydrogen) atoms. The minimum Gasteiger partial charge on any atom is -0.497 e. The second-order valence-corrected chi connectivity index (χ2v) is 8.35. The van der Waals surface area contributed by atoms with Crippen LogP contribution in [0.15, 0.2) is 59.7 Å². The third kappa shape index (κ3) is 4.92. The lowest BCUT2D eigenvalue weighted by molar-refractivity contribution is 0.0988. The summed E-state index contributed by atoms with van der Waals surface area (Å²) in [6.07, 6.45) is 1.51. The van der Waals surface area contributed by atoms with Gasteiger partial charge in [0, 0.05) is 11.1 Å². The zero-order valence-electron chi connectivity index (χ0n) is 20.0. The largest absolute Gasteiger partial charge is 0.497 e. The Morgan fingerprint density at radius 1 is 0.972 bits per heavy atom. The summed E-state index contributed by atoms with van der Waals surface area (Å²) in [6, 6.07) is 17.3. The van der Waals surface area contributed by atoms with E-state index in [-0.39, 0.29) is 0 Å². The number of ether oxygens (including phenoxy) is 4. The predicted molar refractivity (Wildman–Crippen MR) is 138 cm³/mol. The Kier molecular flexibility index (Phi) is 7.32. The van der Waals surface area contributed by atoms with Crippen LogP contribution in [0.25, 0.3) is 10.2 Å². The molecule has 4 rings (SSSR count). The van der Waals surface area contributed by atoms with E-state index in [9.17, 15) is 4.79 Å². The van der Waals surface area contributed by atoms with Crippen LogP contribution in [0.5, 0.6) is 23.0 Å². The Hall–Kier alpha value is -4.62. The van der Waals surface area contributed by atoms with Crippen LogP contribution in [0.3, 0.4) is 0 Å². The molecule has 0 saturated heterocycles. The molecule has 0 atom stereocenters. The van der Waals surface area contributed by atoms with E-state index in [1.807, 2.05) is 18.2 Å². The van der Waals surface area contributed by atoms with E-state index >= 15 is 0 Å². The molecule has 0 fully saturated rings. The van der Waals surface area contributed by atoms with Gasteiger partial charge in [-0.2, -0.15) is 15.4 Å². The molecule has 0 saturated carbocycles. The molecule has 0 spiro atoms. The van der Waals surface area contributed by atoms with Crippen molar-refractivity contribution in [3.05, 3.63) is 71.3 Å². The van der Waals surface area contributed by atoms with Gasteiger partial charge in [-0.25, -0.2) is 4.98 Å². The van der Waals surface area contributed by atoms with Crippen LogP contribution < -0.4 is 24.0 Å². The number of carbonyl (C=O) groups is 1. The van der Waals surface area contributed by atoms with E-state index in [4.69, 9.17) is 24.2 Å². The van der Waals surface area contributed by atoms with Crippen LogP contribution in [-0.2, 0) is 0 Å². The van der Waals surface area contributed by atoms with Gasteiger partial charge in [0.2, 0.25) is 10.9 Å². The van der Waals surface area contributed by atoms with Crippen molar-refractivity contribution >= 4 is 38.8 Å². The van der Waals surface area contributed by atoms with E-state index in [1.165, 1.54) is 43.9 Å². The van der Waals surface area contributed by atoms with Crippen LogP contribution >= 0.6 is 11.3 Å². The van der Waals surface area contributed by atoms with Crippen molar-refractivity contribution in [1.82, 2.24) is 4.98 Å². The first-order valence-electron chi connectivity index (χ1n) is 10.6. The second kappa shape index (κ2) is 10.8. The molecule has 182 valence electrons. The summed E-state index contributed by atoms with van der Waals surface area (Å²) >= 11 is 1.30. The lowest BCUT2D eigenvalue weighted by atomic mass is 10.1. The fraction of sp³-hybridized carbons (Fsp3) is 0.154. The van der Waals surface area contributed by atoms with E-state index in [0.717, 1.165) is 4.70 Å². The Bertz CT molecular complexity index is 1450. The third-order valence-electron chi connectivity index (χ3n) is 5.23. The first kappa shape index (κ1) is 24.5. The monoisotopic (exact) mass is 502 g/mol. The molecule has 4 aromatic rings. The number of thiazole rings is 1. The van der Waals surface area contributed by atoms with Crippen LogP contribution in [0, 0.1) is 11.3 Å². The molecule has 1 amide bonds. The molecular weight excluding hydrogens is 480 g/mol. The number of rotatable bonds is 8. The molecule has 3 aromatic carbocycles. The molecule has 0 aliphatic rings. The molecule has 0 unspecified atom stereocenters. The van der Waals surface area contributed by atoms with Crippen molar-refractivity contribution in [2.75, 3.05) is 33.4 Å². The Labute approximate surface area is 211 Å². The number of nitrogens with zero attached hydrogens (tertiary/aromatic N) is 4. The Morgan fingerprint density at radius 3 is 2.25 bits per heavy atom. The number of amides is 1. The fourth-order valence-electron chi connectivity index (χ4n) is 3.41. The lowest BCUT2D eigenvalue weighted by Crippen LogP contribution is -2.25. The minimum absolute atomic E-state index is 0.355. The van der Waals surface area contributed by atoms with Gasteiger partial charge in [-0.3, -0.25) is 4.79 Å². The highest BCUT2D eigenvalue weighted by atomic mass is 32.1. The quantitative estimate of drug-likeness (QED) is 0.250. The highest BCUT2D eigenvalue weighted by molar-refractivity contribution is 7.22. The van der Waals surface area contributed by atoms with Crippen molar-refractivity contribution in [2.45, 2.75) is 0 Å². The first-order chi connectivity index (χ1) is 17.5. The summed E-state index contributed by atoms with van der Waals surface area (Å²) in [4.78, 5) is 18.1. The zero-order chi connectivity index (χ0) is 25.7. The van der Waals surface area contributed by atoms with Gasteiger partial charge in [-0.1, -0.05) is 11.3 Å². The summed E-state index contributed by atoms with van der Waals surface area (Å²) in [5.41, 5.74) is 2.13. The van der Waals surface area contributed by atoms with Crippen LogP contribution in [0.4, 0.5) is 5.13 Å². The van der Waals surface area contributed by atoms with Gasteiger partial charge in [0.25, 0.3) is 5.91 Å². The van der Waals surface area contributed by atoms with Crippen molar-refractivity contribution in [3.8, 4) is 29.1 Å². The molecule has 9 nitrogen and oxygen atoms in total. The lowest BCUT2D eigenvalue weighted by Gasteiger charge is -2.15. The highest BCUT2D eigenvalue weighted by Gasteiger charge is 2.22.